The van der Waals surface area contributed by atoms with Gasteiger partial charge in [0.1, 0.15) is 5.75 Å². The summed E-state index contributed by atoms with van der Waals surface area (Å²) in [4.78, 5) is 14.1. The molecule has 2 aromatic rings. The molecular weight excluding hydrogens is 342 g/mol. The number of fused-ring (bicyclic) bond motifs is 1. The lowest BCUT2D eigenvalue weighted by Crippen LogP contribution is -2.36. The molecule has 0 aliphatic carbocycles. The van der Waals surface area contributed by atoms with Crippen LogP contribution >= 0.6 is 15.9 Å². The maximum atomic E-state index is 12.2. The molecule has 0 saturated heterocycles. The van der Waals surface area contributed by atoms with E-state index >= 15 is 0 Å². The number of para-hydroxylation sites is 1. The molecule has 0 bridgehead atoms. The first-order valence-electron chi connectivity index (χ1n) is 7.51. The van der Waals surface area contributed by atoms with Gasteiger partial charge in [-0.05, 0) is 48.7 Å². The first kappa shape index (κ1) is 15.1. The van der Waals surface area contributed by atoms with Crippen LogP contribution in [0.3, 0.4) is 0 Å². The largest absolute Gasteiger partial charge is 0.494 e. The molecule has 0 atom stereocenters. The predicted molar refractivity (Wildman–Crippen MR) is 91.4 cm³/mol. The van der Waals surface area contributed by atoms with E-state index in [-0.39, 0.29) is 5.91 Å². The van der Waals surface area contributed by atoms with Crippen molar-refractivity contribution in [1.29, 1.82) is 0 Å². The molecule has 1 aliphatic heterocycles. The number of anilines is 1. The first-order valence-corrected chi connectivity index (χ1v) is 8.30. The minimum Gasteiger partial charge on any atom is -0.494 e. The minimum atomic E-state index is 0.203. The van der Waals surface area contributed by atoms with Crippen molar-refractivity contribution in [2.24, 2.45) is 0 Å². The molecule has 4 heteroatoms. The molecule has 3 nitrogen and oxygen atoms in total. The van der Waals surface area contributed by atoms with Gasteiger partial charge in [0.2, 0.25) is 5.91 Å². The van der Waals surface area contributed by atoms with Crippen LogP contribution in [0.4, 0.5) is 5.69 Å². The third kappa shape index (κ3) is 3.50. The molecule has 0 fully saturated rings. The van der Waals surface area contributed by atoms with E-state index in [1.54, 1.807) is 0 Å². The summed E-state index contributed by atoms with van der Waals surface area (Å²) in [5.74, 6) is 1.08. The number of amides is 1. The van der Waals surface area contributed by atoms with E-state index in [9.17, 15) is 4.79 Å². The smallest absolute Gasteiger partial charge is 0.227 e. The van der Waals surface area contributed by atoms with Crippen LogP contribution in [0.5, 0.6) is 5.75 Å². The minimum absolute atomic E-state index is 0.203. The molecule has 0 spiro atoms. The monoisotopic (exact) mass is 359 g/mol. The van der Waals surface area contributed by atoms with Gasteiger partial charge in [-0.25, -0.2) is 0 Å². The number of aryl methyl sites for hydroxylation is 1. The number of nitrogens with zero attached hydrogens (tertiary/aromatic N) is 1. The van der Waals surface area contributed by atoms with E-state index in [2.05, 4.69) is 22.0 Å². The summed E-state index contributed by atoms with van der Waals surface area (Å²) < 4.78 is 6.76. The first-order chi connectivity index (χ1) is 10.7. The molecule has 0 saturated carbocycles. The zero-order chi connectivity index (χ0) is 15.4. The summed E-state index contributed by atoms with van der Waals surface area (Å²) >= 11 is 3.49. The highest BCUT2D eigenvalue weighted by Gasteiger charge is 2.23. The number of carbonyl (C=O) groups is 1. The summed E-state index contributed by atoms with van der Waals surface area (Å²) in [5, 5.41) is 0. The zero-order valence-electron chi connectivity index (χ0n) is 12.3. The Bertz CT molecular complexity index is 657. The van der Waals surface area contributed by atoms with Gasteiger partial charge in [-0.15, -0.1) is 0 Å². The molecule has 114 valence electrons. The van der Waals surface area contributed by atoms with Crippen LogP contribution in [0.15, 0.2) is 53.0 Å². The lowest BCUT2D eigenvalue weighted by Gasteiger charge is -2.29. The van der Waals surface area contributed by atoms with Crippen molar-refractivity contribution in [3.63, 3.8) is 0 Å². The average Bonchev–Trinajstić information content (AvgIpc) is 2.54. The van der Waals surface area contributed by atoms with Gasteiger partial charge in [0.05, 0.1) is 6.61 Å². The van der Waals surface area contributed by atoms with Crippen molar-refractivity contribution in [3.05, 3.63) is 58.6 Å². The van der Waals surface area contributed by atoms with Crippen LogP contribution in [-0.4, -0.2) is 19.1 Å². The second kappa shape index (κ2) is 6.97. The van der Waals surface area contributed by atoms with Gasteiger partial charge in [0.25, 0.3) is 0 Å². The quantitative estimate of drug-likeness (QED) is 0.748. The molecule has 0 radical (unpaired) electrons. The lowest BCUT2D eigenvalue weighted by atomic mass is 10.0. The van der Waals surface area contributed by atoms with Crippen molar-refractivity contribution in [2.45, 2.75) is 19.3 Å². The van der Waals surface area contributed by atoms with Crippen LogP contribution in [0.1, 0.15) is 18.4 Å². The fraction of sp³-hybridized carbons (Fsp3) is 0.278. The van der Waals surface area contributed by atoms with Crippen LogP contribution < -0.4 is 9.64 Å². The fourth-order valence-electron chi connectivity index (χ4n) is 2.70. The van der Waals surface area contributed by atoms with E-state index in [0.29, 0.717) is 19.6 Å². The Morgan fingerprint density at radius 3 is 2.73 bits per heavy atom. The van der Waals surface area contributed by atoms with Crippen molar-refractivity contribution >= 4 is 27.5 Å². The van der Waals surface area contributed by atoms with Crippen LogP contribution in [0, 0.1) is 0 Å². The van der Waals surface area contributed by atoms with E-state index in [1.807, 2.05) is 47.4 Å². The standard InChI is InChI=1S/C18H18BrNO2/c19-15-8-9-17-14(13-15)7-10-18(21)20(17)11-4-12-22-16-5-2-1-3-6-16/h1-3,5-6,8-9,13H,4,7,10-12H2. The number of ether oxygens (including phenoxy) is 1. The van der Waals surface area contributed by atoms with Gasteiger partial charge in [-0.1, -0.05) is 34.1 Å². The van der Waals surface area contributed by atoms with Crippen LogP contribution in [-0.2, 0) is 11.2 Å². The predicted octanol–water partition coefficient (Wildman–Crippen LogP) is 4.20. The van der Waals surface area contributed by atoms with Gasteiger partial charge in [-0.2, -0.15) is 0 Å². The van der Waals surface area contributed by atoms with E-state index in [1.165, 1.54) is 5.56 Å². The number of halogens is 1. The maximum Gasteiger partial charge on any atom is 0.227 e. The summed E-state index contributed by atoms with van der Waals surface area (Å²) in [6.45, 7) is 1.31. The van der Waals surface area contributed by atoms with Crippen molar-refractivity contribution in [3.8, 4) is 5.75 Å². The second-order valence-corrected chi connectivity index (χ2v) is 6.25. The fourth-order valence-corrected chi connectivity index (χ4v) is 3.11. The van der Waals surface area contributed by atoms with Gasteiger partial charge < -0.3 is 9.64 Å². The number of carbonyl (C=O) groups excluding carboxylic acids is 1. The molecule has 0 N–H and O–H groups in total. The maximum absolute atomic E-state index is 12.2. The number of benzene rings is 2. The zero-order valence-corrected chi connectivity index (χ0v) is 13.9. The molecule has 1 aliphatic rings. The number of hydrogen-bond donors (Lipinski definition) is 0. The van der Waals surface area contributed by atoms with Gasteiger partial charge >= 0.3 is 0 Å². The Morgan fingerprint density at radius 1 is 1.09 bits per heavy atom. The highest BCUT2D eigenvalue weighted by Crippen LogP contribution is 2.30. The Balaban J connectivity index is 1.59. The van der Waals surface area contributed by atoms with Gasteiger partial charge in [0.15, 0.2) is 0 Å². The normalized spacial score (nSPS) is 13.9. The molecule has 1 amide bonds. The summed E-state index contributed by atoms with van der Waals surface area (Å²) in [6, 6.07) is 15.9. The van der Waals surface area contributed by atoms with Crippen LogP contribution in [0.2, 0.25) is 0 Å². The molecule has 0 unspecified atom stereocenters. The Labute approximate surface area is 139 Å². The third-order valence-electron chi connectivity index (χ3n) is 3.78. The molecule has 22 heavy (non-hydrogen) atoms. The van der Waals surface area contributed by atoms with Crippen molar-refractivity contribution < 1.29 is 9.53 Å². The molecule has 0 aromatic heterocycles. The molecule has 1 heterocycles. The van der Waals surface area contributed by atoms with Gasteiger partial charge in [-0.3, -0.25) is 4.79 Å². The molecular formula is C18H18BrNO2. The van der Waals surface area contributed by atoms with Crippen molar-refractivity contribution in [2.75, 3.05) is 18.1 Å². The number of rotatable bonds is 5. The Hall–Kier alpha value is -1.81. The van der Waals surface area contributed by atoms with E-state index < -0.39 is 0 Å². The lowest BCUT2D eigenvalue weighted by molar-refractivity contribution is -0.118. The average molecular weight is 360 g/mol. The highest BCUT2D eigenvalue weighted by molar-refractivity contribution is 9.10. The Kier molecular flexibility index (Phi) is 4.78. The van der Waals surface area contributed by atoms with E-state index in [4.69, 9.17) is 4.74 Å². The summed E-state index contributed by atoms with van der Waals surface area (Å²) in [5.41, 5.74) is 2.28. The Morgan fingerprint density at radius 2 is 1.91 bits per heavy atom. The SMILES string of the molecule is O=C1CCc2cc(Br)ccc2N1CCCOc1ccccc1. The van der Waals surface area contributed by atoms with Crippen LogP contribution in [0.25, 0.3) is 0 Å². The number of hydrogen-bond acceptors (Lipinski definition) is 2. The molecule has 2 aromatic carbocycles. The summed E-state index contributed by atoms with van der Waals surface area (Å²) in [7, 11) is 0. The topological polar surface area (TPSA) is 29.5 Å². The summed E-state index contributed by atoms with van der Waals surface area (Å²) in [6.07, 6.45) is 2.23. The highest BCUT2D eigenvalue weighted by atomic mass is 79.9. The van der Waals surface area contributed by atoms with Crippen molar-refractivity contribution in [1.82, 2.24) is 0 Å². The van der Waals surface area contributed by atoms with Gasteiger partial charge in [0, 0.05) is 23.1 Å². The second-order valence-electron chi connectivity index (χ2n) is 5.33. The molecule has 3 rings (SSSR count). The van der Waals surface area contributed by atoms with E-state index in [0.717, 1.165) is 28.8 Å². The third-order valence-corrected chi connectivity index (χ3v) is 4.27.